The van der Waals surface area contributed by atoms with Crippen LogP contribution < -0.4 is 4.90 Å². The number of halogens is 3. The quantitative estimate of drug-likeness (QED) is 0.598. The second kappa shape index (κ2) is 6.97. The van der Waals surface area contributed by atoms with Crippen LogP contribution >= 0.6 is 0 Å². The van der Waals surface area contributed by atoms with E-state index in [1.807, 2.05) is 34.9 Å². The molecule has 1 fully saturated rings. The van der Waals surface area contributed by atoms with Gasteiger partial charge in [0.05, 0.1) is 29.8 Å². The van der Waals surface area contributed by atoms with E-state index in [9.17, 15) is 22.8 Å². The number of hydrogen-bond donors (Lipinski definition) is 0. The number of anilines is 1. The highest BCUT2D eigenvalue weighted by atomic mass is 19.4. The number of nitrogens with zero attached hydrogens (tertiary/aromatic N) is 4. The topological polar surface area (TPSA) is 58.4 Å². The molecule has 0 bridgehead atoms. The fourth-order valence-corrected chi connectivity index (χ4v) is 4.15. The summed E-state index contributed by atoms with van der Waals surface area (Å²) in [6.07, 6.45) is -2.61. The number of aromatic nitrogens is 2. The second-order valence-electron chi connectivity index (χ2n) is 7.60. The molecule has 3 aromatic rings. The first kappa shape index (κ1) is 19.3. The van der Waals surface area contributed by atoms with Gasteiger partial charge in [-0.2, -0.15) is 13.2 Å². The molecule has 1 atom stereocenters. The van der Waals surface area contributed by atoms with Crippen molar-refractivity contribution in [2.45, 2.75) is 31.7 Å². The largest absolute Gasteiger partial charge is 0.416 e. The summed E-state index contributed by atoms with van der Waals surface area (Å²) in [5.41, 5.74) is 1.64. The Morgan fingerprint density at radius 2 is 1.81 bits per heavy atom. The third-order valence-corrected chi connectivity index (χ3v) is 5.69. The zero-order chi connectivity index (χ0) is 21.8. The molecule has 2 aliphatic heterocycles. The van der Waals surface area contributed by atoms with Crippen molar-refractivity contribution >= 4 is 17.6 Å². The van der Waals surface area contributed by atoms with Gasteiger partial charge >= 0.3 is 12.2 Å². The van der Waals surface area contributed by atoms with Crippen LogP contribution in [0.25, 0.3) is 0 Å². The summed E-state index contributed by atoms with van der Waals surface area (Å²) in [6.45, 7) is 0.719. The van der Waals surface area contributed by atoms with E-state index in [2.05, 4.69) is 4.98 Å². The smallest absolute Gasteiger partial charge is 0.330 e. The van der Waals surface area contributed by atoms with Gasteiger partial charge in [-0.25, -0.2) is 14.7 Å². The molecule has 0 saturated carbocycles. The van der Waals surface area contributed by atoms with Crippen molar-refractivity contribution in [3.05, 3.63) is 83.4 Å². The first-order valence-corrected chi connectivity index (χ1v) is 9.71. The minimum absolute atomic E-state index is 0.0796. The average Bonchev–Trinajstić information content (AvgIpc) is 3.25. The van der Waals surface area contributed by atoms with E-state index >= 15 is 0 Å². The van der Waals surface area contributed by atoms with Crippen LogP contribution in [0.4, 0.5) is 23.7 Å². The van der Waals surface area contributed by atoms with Crippen molar-refractivity contribution < 1.29 is 22.8 Å². The molecule has 31 heavy (non-hydrogen) atoms. The van der Waals surface area contributed by atoms with Crippen molar-refractivity contribution in [2.24, 2.45) is 0 Å². The van der Waals surface area contributed by atoms with Gasteiger partial charge in [0.15, 0.2) is 0 Å². The van der Waals surface area contributed by atoms with Crippen molar-refractivity contribution in [3.8, 4) is 0 Å². The fourth-order valence-electron chi connectivity index (χ4n) is 4.15. The number of fused-ring (bicyclic) bond motifs is 2. The maximum absolute atomic E-state index is 13.1. The number of carbonyl (C=O) groups is 2. The molecule has 5 rings (SSSR count). The highest BCUT2D eigenvalue weighted by Crippen LogP contribution is 2.36. The van der Waals surface area contributed by atoms with Crippen LogP contribution in [0.1, 0.15) is 22.5 Å². The second-order valence-corrected chi connectivity index (χ2v) is 7.60. The number of alkyl halides is 3. The van der Waals surface area contributed by atoms with E-state index in [4.69, 9.17) is 0 Å². The summed E-state index contributed by atoms with van der Waals surface area (Å²) >= 11 is 0. The number of rotatable bonds is 3. The van der Waals surface area contributed by atoms with E-state index in [0.29, 0.717) is 12.2 Å². The van der Waals surface area contributed by atoms with E-state index < -0.39 is 29.7 Å². The Bertz CT molecular complexity index is 1170. The molecule has 6 nitrogen and oxygen atoms in total. The Labute approximate surface area is 175 Å². The molecular formula is C22H17F3N4O2. The maximum Gasteiger partial charge on any atom is 0.416 e. The van der Waals surface area contributed by atoms with Crippen LogP contribution in [0, 0.1) is 0 Å². The molecule has 158 valence electrons. The van der Waals surface area contributed by atoms with Gasteiger partial charge in [-0.1, -0.05) is 36.4 Å². The molecule has 0 radical (unpaired) electrons. The van der Waals surface area contributed by atoms with Gasteiger partial charge in [0.2, 0.25) is 0 Å². The molecule has 3 heterocycles. The summed E-state index contributed by atoms with van der Waals surface area (Å²) in [6, 6.07) is 12.7. The van der Waals surface area contributed by atoms with E-state index in [0.717, 1.165) is 28.3 Å². The summed E-state index contributed by atoms with van der Waals surface area (Å²) in [7, 11) is 0. The van der Waals surface area contributed by atoms with Crippen molar-refractivity contribution in [3.63, 3.8) is 0 Å². The third kappa shape index (κ3) is 3.26. The number of imide groups is 1. The minimum atomic E-state index is -4.57. The zero-order valence-electron chi connectivity index (χ0n) is 16.2. The van der Waals surface area contributed by atoms with Gasteiger partial charge in [0.25, 0.3) is 5.91 Å². The lowest BCUT2D eigenvalue weighted by atomic mass is 10.0. The van der Waals surface area contributed by atoms with Gasteiger partial charge in [0, 0.05) is 18.7 Å². The summed E-state index contributed by atoms with van der Waals surface area (Å²) in [4.78, 5) is 32.6. The lowest BCUT2D eigenvalue weighted by molar-refractivity contribution is -0.137. The number of imidazole rings is 1. The number of hydrogen-bond acceptors (Lipinski definition) is 3. The third-order valence-electron chi connectivity index (χ3n) is 5.69. The lowest BCUT2D eigenvalue weighted by Crippen LogP contribution is -2.40. The number of carbonyl (C=O) groups excluding carboxylic acids is 2. The summed E-state index contributed by atoms with van der Waals surface area (Å²) < 4.78 is 41.2. The van der Waals surface area contributed by atoms with Gasteiger partial charge < -0.3 is 9.47 Å². The number of benzene rings is 2. The molecule has 1 unspecified atom stereocenters. The molecule has 9 heteroatoms. The molecule has 1 aromatic heterocycles. The van der Waals surface area contributed by atoms with Gasteiger partial charge in [0.1, 0.15) is 6.04 Å². The van der Waals surface area contributed by atoms with Crippen molar-refractivity contribution in [1.29, 1.82) is 0 Å². The Hall–Kier alpha value is -3.62. The number of urea groups is 1. The normalized spacial score (nSPS) is 18.4. The molecule has 1 saturated heterocycles. The van der Waals surface area contributed by atoms with Crippen LogP contribution in [-0.4, -0.2) is 32.4 Å². The van der Waals surface area contributed by atoms with Crippen molar-refractivity contribution in [1.82, 2.24) is 14.5 Å². The van der Waals surface area contributed by atoms with E-state index in [-0.39, 0.29) is 18.7 Å². The molecule has 0 aliphatic carbocycles. The molecule has 2 aromatic carbocycles. The maximum atomic E-state index is 13.1. The van der Waals surface area contributed by atoms with Crippen LogP contribution in [0.15, 0.2) is 60.9 Å². The number of amides is 3. The Morgan fingerprint density at radius 3 is 2.55 bits per heavy atom. The predicted molar refractivity (Wildman–Crippen MR) is 105 cm³/mol. The average molecular weight is 426 g/mol. The van der Waals surface area contributed by atoms with Crippen LogP contribution in [0.5, 0.6) is 0 Å². The Balaban J connectivity index is 1.44. The highest BCUT2D eigenvalue weighted by Gasteiger charge is 2.49. The summed E-state index contributed by atoms with van der Waals surface area (Å²) in [5.74, 6) is -0.526. The predicted octanol–water partition coefficient (Wildman–Crippen LogP) is 3.84. The zero-order valence-corrected chi connectivity index (χ0v) is 16.2. The van der Waals surface area contributed by atoms with Gasteiger partial charge in [-0.05, 0) is 23.8 Å². The van der Waals surface area contributed by atoms with Crippen molar-refractivity contribution in [2.75, 3.05) is 4.90 Å². The Morgan fingerprint density at radius 1 is 1.03 bits per heavy atom. The first-order valence-electron chi connectivity index (χ1n) is 9.71. The molecular weight excluding hydrogens is 409 g/mol. The SMILES string of the molecule is O=C1C2Cc3c(ncn3Cc3ccccc3)CN2C(=O)N1c1cccc(C(F)(F)F)c1. The fraction of sp³-hybridized carbons (Fsp3) is 0.227. The van der Waals surface area contributed by atoms with Crippen LogP contribution in [0.2, 0.25) is 0 Å². The molecule has 3 amide bonds. The standard InChI is InChI=1S/C22H17F3N4O2/c23-22(24,25)15-7-4-8-16(9-15)29-20(30)19-10-18-17(12-28(19)21(29)31)26-13-27(18)11-14-5-2-1-3-6-14/h1-9,13,19H,10-12H2. The summed E-state index contributed by atoms with van der Waals surface area (Å²) in [5, 5.41) is 0. The Kier molecular flexibility index (Phi) is 4.35. The van der Waals surface area contributed by atoms with E-state index in [1.165, 1.54) is 17.0 Å². The van der Waals surface area contributed by atoms with Gasteiger partial charge in [-0.3, -0.25) is 4.79 Å². The molecule has 0 N–H and O–H groups in total. The molecule has 2 aliphatic rings. The minimum Gasteiger partial charge on any atom is -0.330 e. The lowest BCUT2D eigenvalue weighted by Gasteiger charge is -2.27. The van der Waals surface area contributed by atoms with Gasteiger partial charge in [-0.15, -0.1) is 0 Å². The first-order chi connectivity index (χ1) is 14.8. The van der Waals surface area contributed by atoms with Crippen LogP contribution in [-0.2, 0) is 30.5 Å². The van der Waals surface area contributed by atoms with Crippen LogP contribution in [0.3, 0.4) is 0 Å². The monoisotopic (exact) mass is 426 g/mol. The molecule has 0 spiro atoms. The highest BCUT2D eigenvalue weighted by molar-refractivity contribution is 6.21. The van der Waals surface area contributed by atoms with E-state index in [1.54, 1.807) is 6.33 Å².